The Hall–Kier alpha value is -3.16. The molecule has 4 aliphatic heterocycles. The number of fused-ring (bicyclic) bond motifs is 2. The Labute approximate surface area is 295 Å². The summed E-state index contributed by atoms with van der Waals surface area (Å²) < 4.78 is 33.8. The molecule has 4 aliphatic rings. The van der Waals surface area contributed by atoms with Crippen LogP contribution in [-0.2, 0) is 43.3 Å². The summed E-state index contributed by atoms with van der Waals surface area (Å²) in [4.78, 5) is 77.8. The summed E-state index contributed by atoms with van der Waals surface area (Å²) >= 11 is 1.30. The number of carbonyl (C=O) groups is 6. The van der Waals surface area contributed by atoms with Crippen molar-refractivity contribution in [2.24, 2.45) is 0 Å². The molecule has 2 unspecified atom stereocenters. The van der Waals surface area contributed by atoms with Gasteiger partial charge in [0.1, 0.15) is 41.5 Å². The van der Waals surface area contributed by atoms with E-state index in [9.17, 15) is 42.3 Å². The number of aliphatic carboxylic acids is 1. The summed E-state index contributed by atoms with van der Waals surface area (Å²) in [7, 11) is -0.813. The fraction of sp³-hybridized carbons (Fsp3) is 0.600. The number of rotatable bonds is 14. The van der Waals surface area contributed by atoms with Gasteiger partial charge in [0.05, 0.1) is 17.8 Å². The lowest BCUT2D eigenvalue weighted by atomic mass is 9.95. The van der Waals surface area contributed by atoms with Gasteiger partial charge in [-0.2, -0.15) is 0 Å². The van der Waals surface area contributed by atoms with Gasteiger partial charge in [0, 0.05) is 16.3 Å². The monoisotopic (exact) mass is 758 g/mol. The minimum Gasteiger partial charge on any atom is -0.480 e. The first-order chi connectivity index (χ1) is 23.0. The van der Waals surface area contributed by atoms with Crippen molar-refractivity contribution >= 4 is 78.9 Å². The summed E-state index contributed by atoms with van der Waals surface area (Å²) in [6, 6.07) is 4.14. The van der Waals surface area contributed by atoms with E-state index in [-0.39, 0.29) is 25.5 Å². The summed E-state index contributed by atoms with van der Waals surface area (Å²) in [6.07, 6.45) is -0.481. The van der Waals surface area contributed by atoms with E-state index >= 15 is 0 Å². The average Bonchev–Trinajstić information content (AvgIpc) is 3.36. The maximum atomic E-state index is 13.4. The van der Waals surface area contributed by atoms with E-state index in [0.29, 0.717) is 23.5 Å². The number of carboxylic acid groups (broad SMARTS) is 1. The van der Waals surface area contributed by atoms with Crippen molar-refractivity contribution in [2.45, 2.75) is 84.9 Å². The minimum atomic E-state index is -3.68. The summed E-state index contributed by atoms with van der Waals surface area (Å²) in [6.45, 7) is 6.42. The first-order valence-corrected chi connectivity index (χ1v) is 20.4. The molecule has 4 heterocycles. The molecule has 49 heavy (non-hydrogen) atoms. The van der Waals surface area contributed by atoms with Crippen molar-refractivity contribution in [3.05, 3.63) is 35.9 Å². The molecule has 4 fully saturated rings. The van der Waals surface area contributed by atoms with E-state index in [0.717, 1.165) is 4.90 Å². The van der Waals surface area contributed by atoms with Crippen LogP contribution in [0, 0.1) is 0 Å². The highest BCUT2D eigenvalue weighted by molar-refractivity contribution is 8.76. The molecule has 5 rings (SSSR count). The lowest BCUT2D eigenvalue weighted by molar-refractivity contribution is -0.161. The number of hydrogen-bond acceptors (Lipinski definition) is 13. The van der Waals surface area contributed by atoms with Crippen molar-refractivity contribution < 1.29 is 51.8 Å². The third kappa shape index (κ3) is 6.95. The van der Waals surface area contributed by atoms with Crippen molar-refractivity contribution in [1.82, 2.24) is 20.4 Å². The Balaban J connectivity index is 1.02. The first-order valence-electron chi connectivity index (χ1n) is 15.5. The zero-order valence-corrected chi connectivity index (χ0v) is 30.4. The number of carbonyl (C=O) groups excluding carboxylic acids is 5. The summed E-state index contributed by atoms with van der Waals surface area (Å²) in [5, 5.41) is 13.4. The van der Waals surface area contributed by atoms with E-state index < -0.39 is 84.1 Å². The topological polar surface area (TPSA) is 206 Å². The van der Waals surface area contributed by atoms with Gasteiger partial charge in [0.2, 0.25) is 17.7 Å². The number of nitrogens with zero attached hydrogens (tertiary/aromatic N) is 2. The number of amides is 4. The lowest BCUT2D eigenvalue weighted by Gasteiger charge is -2.43. The van der Waals surface area contributed by atoms with Gasteiger partial charge in [-0.25, -0.2) is 22.8 Å². The predicted molar refractivity (Wildman–Crippen MR) is 182 cm³/mol. The Morgan fingerprint density at radius 2 is 1.67 bits per heavy atom. The van der Waals surface area contributed by atoms with Crippen molar-refractivity contribution in [1.29, 1.82) is 0 Å². The number of benzene rings is 1. The van der Waals surface area contributed by atoms with Crippen LogP contribution in [0.2, 0.25) is 0 Å². The Morgan fingerprint density at radius 3 is 2.33 bits per heavy atom. The minimum absolute atomic E-state index is 0.0261. The van der Waals surface area contributed by atoms with E-state index in [1.165, 1.54) is 52.1 Å². The van der Waals surface area contributed by atoms with Gasteiger partial charge in [0.25, 0.3) is 0 Å². The average molecular weight is 759 g/mol. The molecule has 0 radical (unpaired) electrons. The fourth-order valence-electron chi connectivity index (χ4n) is 6.35. The van der Waals surface area contributed by atoms with Crippen LogP contribution in [0.1, 0.15) is 52.1 Å². The third-order valence-electron chi connectivity index (χ3n) is 8.93. The maximum absolute atomic E-state index is 13.4. The van der Waals surface area contributed by atoms with Crippen LogP contribution in [0.3, 0.4) is 0 Å². The molecule has 1 aromatic carbocycles. The Bertz CT molecular complexity index is 1620. The SMILES string of the molecule is CC1(C)S[C@@H]2[C@H](NC(=O)C(NC(=O)OCCSSCCCOC(=O)[C@@H]3N4C(=O)C[C@H]4S(=O)(=O)C3(C)C)c3ccccc3)C(=O)N2C1C(=O)O. The maximum Gasteiger partial charge on any atom is 0.408 e. The molecule has 4 amide bonds. The lowest BCUT2D eigenvalue weighted by Crippen LogP contribution is -2.71. The van der Waals surface area contributed by atoms with Crippen LogP contribution in [0.4, 0.5) is 4.79 Å². The molecular formula is C30H38N4O11S4. The number of ether oxygens (including phenoxy) is 2. The third-order valence-corrected chi connectivity index (χ3v) is 15.8. The highest BCUT2D eigenvalue weighted by atomic mass is 33.1. The molecule has 19 heteroatoms. The van der Waals surface area contributed by atoms with Crippen molar-refractivity contribution in [2.75, 3.05) is 24.7 Å². The number of thioether (sulfide) groups is 1. The second-order valence-electron chi connectivity index (χ2n) is 12.9. The van der Waals surface area contributed by atoms with Crippen molar-refractivity contribution in [3.63, 3.8) is 0 Å². The van der Waals surface area contributed by atoms with Gasteiger partial charge < -0.3 is 35.0 Å². The van der Waals surface area contributed by atoms with Crippen LogP contribution in [0.5, 0.6) is 0 Å². The highest BCUT2D eigenvalue weighted by Crippen LogP contribution is 2.51. The van der Waals surface area contributed by atoms with Crippen LogP contribution in [0.15, 0.2) is 30.3 Å². The van der Waals surface area contributed by atoms with Crippen LogP contribution < -0.4 is 10.6 Å². The number of nitrogens with one attached hydrogen (secondary N) is 2. The van der Waals surface area contributed by atoms with Crippen LogP contribution in [-0.4, -0.2) is 122 Å². The number of esters is 1. The second-order valence-corrected chi connectivity index (χ2v) is 20.0. The second kappa shape index (κ2) is 14.2. The van der Waals surface area contributed by atoms with E-state index in [4.69, 9.17) is 9.47 Å². The molecule has 3 N–H and O–H groups in total. The normalized spacial score (nSPS) is 27.6. The Morgan fingerprint density at radius 1 is 1.00 bits per heavy atom. The van der Waals surface area contributed by atoms with E-state index in [1.807, 2.05) is 0 Å². The zero-order valence-electron chi connectivity index (χ0n) is 27.2. The van der Waals surface area contributed by atoms with Gasteiger partial charge >= 0.3 is 18.0 Å². The summed E-state index contributed by atoms with van der Waals surface area (Å²) in [5.74, 6) is -2.38. The van der Waals surface area contributed by atoms with Crippen LogP contribution >= 0.6 is 33.3 Å². The van der Waals surface area contributed by atoms with Gasteiger partial charge in [-0.1, -0.05) is 51.9 Å². The van der Waals surface area contributed by atoms with Gasteiger partial charge in [-0.3, -0.25) is 14.4 Å². The number of hydrogen-bond donors (Lipinski definition) is 3. The zero-order chi connectivity index (χ0) is 35.9. The molecule has 0 aliphatic carbocycles. The molecular weight excluding hydrogens is 721 g/mol. The number of sulfone groups is 1. The van der Waals surface area contributed by atoms with Gasteiger partial charge in [-0.05, 0) is 39.7 Å². The number of carboxylic acids is 1. The fourth-order valence-corrected chi connectivity index (χ4v) is 12.0. The molecule has 4 saturated heterocycles. The van der Waals surface area contributed by atoms with Crippen LogP contribution in [0.25, 0.3) is 0 Å². The molecule has 0 saturated carbocycles. The van der Waals surface area contributed by atoms with Crippen molar-refractivity contribution in [3.8, 4) is 0 Å². The van der Waals surface area contributed by atoms with Gasteiger partial charge in [-0.15, -0.1) is 11.8 Å². The molecule has 268 valence electrons. The predicted octanol–water partition coefficient (Wildman–Crippen LogP) is 1.53. The number of alkyl carbamates (subject to hydrolysis) is 1. The molecule has 15 nitrogen and oxygen atoms in total. The molecule has 0 aromatic heterocycles. The first kappa shape index (κ1) is 37.1. The van der Waals surface area contributed by atoms with E-state index in [2.05, 4.69) is 10.6 Å². The molecule has 6 atom stereocenters. The van der Waals surface area contributed by atoms with E-state index in [1.54, 1.807) is 44.2 Å². The number of β-lactam (4-membered cyclic amide) rings is 2. The smallest absolute Gasteiger partial charge is 0.408 e. The highest BCUT2D eigenvalue weighted by Gasteiger charge is 2.68. The standard InChI is InChI=1S/C30H38N4O11S4/c1-29(2)21(26(38)39)34-24(37)20(25(34)48-29)31-23(36)19(16-9-6-5-7-10-16)32-28(41)45-12-14-47-46-13-8-11-44-27(40)22-30(3,4)49(42,43)18-15-17(35)33(18)22/h5-7,9-10,18-22,25H,8,11-15H2,1-4H3,(H,31,36)(H,32,41)(H,38,39)/t18-,19?,20-,21?,22+,25-/m1/s1. The quantitative estimate of drug-likeness (QED) is 0.107. The molecule has 0 bridgehead atoms. The Kier molecular flexibility index (Phi) is 10.8. The molecule has 0 spiro atoms. The summed E-state index contributed by atoms with van der Waals surface area (Å²) in [5.41, 5.74) is 0.462. The van der Waals surface area contributed by atoms with Gasteiger partial charge in [0.15, 0.2) is 9.84 Å². The largest absolute Gasteiger partial charge is 0.480 e. The molecule has 1 aromatic rings.